The highest BCUT2D eigenvalue weighted by Gasteiger charge is 2.35. The van der Waals surface area contributed by atoms with E-state index in [0.717, 1.165) is 43.0 Å². The zero-order chi connectivity index (χ0) is 39.9. The van der Waals surface area contributed by atoms with Crippen LogP contribution < -0.4 is 32.3 Å². The van der Waals surface area contributed by atoms with E-state index in [2.05, 4.69) is 31.6 Å². The van der Waals surface area contributed by atoms with Crippen LogP contribution in [-0.2, 0) is 44.8 Å². The van der Waals surface area contributed by atoms with Crippen molar-refractivity contribution in [1.29, 1.82) is 0 Å². The van der Waals surface area contributed by atoms with Gasteiger partial charge in [0.2, 0.25) is 35.4 Å². The first-order valence-corrected chi connectivity index (χ1v) is 18.3. The quantitative estimate of drug-likeness (QED) is 0.0872. The molecule has 17 nitrogen and oxygen atoms in total. The molecule has 296 valence electrons. The number of carboxylic acid groups (broad SMARTS) is 2. The molecule has 1 fully saturated rings. The van der Waals surface area contributed by atoms with Gasteiger partial charge in [0.25, 0.3) is 0 Å². The first kappa shape index (κ1) is 42.9. The van der Waals surface area contributed by atoms with E-state index in [9.17, 15) is 48.6 Å². The van der Waals surface area contributed by atoms with Gasteiger partial charge in [0, 0.05) is 36.9 Å². The Bertz CT molecular complexity index is 1670. The van der Waals surface area contributed by atoms with Gasteiger partial charge < -0.3 is 47.5 Å². The van der Waals surface area contributed by atoms with Gasteiger partial charge >= 0.3 is 11.9 Å². The number of aromatic nitrogens is 1. The highest BCUT2D eigenvalue weighted by Crippen LogP contribution is 2.27. The molecule has 1 aliphatic carbocycles. The Kier molecular flexibility index (Phi) is 16.4. The second-order valence-electron chi connectivity index (χ2n) is 14.4. The van der Waals surface area contributed by atoms with Gasteiger partial charge in [0.15, 0.2) is 0 Å². The number of nitrogens with one attached hydrogen (secondary N) is 6. The fraction of sp³-hybridized carbons (Fsp3) is 0.568. The van der Waals surface area contributed by atoms with Gasteiger partial charge in [-0.3, -0.25) is 33.6 Å². The molecule has 10 N–H and O–H groups in total. The van der Waals surface area contributed by atoms with Crippen molar-refractivity contribution in [2.75, 3.05) is 0 Å². The summed E-state index contributed by atoms with van der Waals surface area (Å²) < 4.78 is 0. The zero-order valence-corrected chi connectivity index (χ0v) is 30.9. The van der Waals surface area contributed by atoms with Gasteiger partial charge in [0.05, 0.1) is 6.42 Å². The maximum atomic E-state index is 13.8. The van der Waals surface area contributed by atoms with Crippen molar-refractivity contribution in [1.82, 2.24) is 31.6 Å². The number of fused-ring (bicyclic) bond motifs is 1. The van der Waals surface area contributed by atoms with E-state index in [-0.39, 0.29) is 43.9 Å². The molecule has 1 saturated carbocycles. The zero-order valence-electron chi connectivity index (χ0n) is 30.9. The first-order chi connectivity index (χ1) is 25.5. The van der Waals surface area contributed by atoms with E-state index in [1.54, 1.807) is 26.1 Å². The third-order valence-electron chi connectivity index (χ3n) is 9.37. The molecular formula is C37H53N7O10. The molecule has 0 saturated heterocycles. The summed E-state index contributed by atoms with van der Waals surface area (Å²) in [7, 11) is 0. The summed E-state index contributed by atoms with van der Waals surface area (Å²) >= 11 is 0. The number of amides is 6. The minimum atomic E-state index is -1.69. The van der Waals surface area contributed by atoms with Crippen LogP contribution in [0.3, 0.4) is 0 Å². The molecule has 6 amide bonds. The van der Waals surface area contributed by atoms with E-state index < -0.39 is 84.0 Å². The molecule has 1 aromatic carbocycles. The number of carboxylic acids is 2. The monoisotopic (exact) mass is 755 g/mol. The van der Waals surface area contributed by atoms with Crippen molar-refractivity contribution < 1.29 is 48.6 Å². The molecule has 5 atom stereocenters. The second kappa shape index (κ2) is 20.7. The molecule has 0 unspecified atom stereocenters. The number of carbonyl (C=O) groups is 8. The second-order valence-corrected chi connectivity index (χ2v) is 14.4. The third kappa shape index (κ3) is 13.8. The Morgan fingerprint density at radius 3 is 1.96 bits per heavy atom. The van der Waals surface area contributed by atoms with Gasteiger partial charge in [-0.1, -0.05) is 64.2 Å². The molecule has 17 heteroatoms. The Labute approximate surface area is 313 Å². The summed E-state index contributed by atoms with van der Waals surface area (Å²) in [5.41, 5.74) is 6.68. The van der Waals surface area contributed by atoms with E-state index in [4.69, 9.17) is 5.73 Å². The van der Waals surface area contributed by atoms with Gasteiger partial charge in [-0.15, -0.1) is 0 Å². The first-order valence-electron chi connectivity index (χ1n) is 18.3. The van der Waals surface area contributed by atoms with Crippen molar-refractivity contribution in [3.05, 3.63) is 36.0 Å². The summed E-state index contributed by atoms with van der Waals surface area (Å²) in [4.78, 5) is 105. The topological polar surface area (TPSA) is 279 Å². The molecule has 2 aromatic rings. The molecule has 0 aliphatic heterocycles. The molecule has 0 radical (unpaired) electrons. The third-order valence-corrected chi connectivity index (χ3v) is 9.37. The fourth-order valence-electron chi connectivity index (χ4n) is 6.69. The van der Waals surface area contributed by atoms with E-state index >= 15 is 0 Å². The number of benzene rings is 1. The number of primary amides is 1. The maximum absolute atomic E-state index is 13.8. The van der Waals surface area contributed by atoms with Crippen molar-refractivity contribution in [2.45, 2.75) is 122 Å². The Morgan fingerprint density at radius 2 is 1.35 bits per heavy atom. The predicted octanol–water partition coefficient (Wildman–Crippen LogP) is 0.996. The maximum Gasteiger partial charge on any atom is 0.326 e. The lowest BCUT2D eigenvalue weighted by molar-refractivity contribution is -0.143. The van der Waals surface area contributed by atoms with Gasteiger partial charge in [0.1, 0.15) is 30.2 Å². The number of carbonyl (C=O) groups excluding carboxylic acids is 6. The average molecular weight is 756 g/mol. The predicted molar refractivity (Wildman–Crippen MR) is 196 cm³/mol. The Balaban J connectivity index is 1.81. The van der Waals surface area contributed by atoms with Crippen LogP contribution in [0.2, 0.25) is 0 Å². The Hall–Kier alpha value is -5.48. The standard InChI is InChI=1S/C37H53N7O10/c1-20(2)15-27(34(50)44-30(37(53)54)17-23-19-39-25-12-8-7-11-24(23)25)41-36(52)29(18-32(47)48)43-35(51)28(16-22-9-5-4-6-10-22)42-33(49)26(40-21(3)45)13-14-31(38)46/h7-8,11-12,19-20,22,26-30,39H,4-6,9-10,13-18H2,1-3H3,(H2,38,46)(H,40,45)(H,41,52)(H,42,49)(H,43,51)(H,44,50)(H,47,48)(H,53,54)/t26-,27-,28-,29-,30-/m0/s1. The van der Waals surface area contributed by atoms with E-state index in [0.29, 0.717) is 5.56 Å². The molecule has 54 heavy (non-hydrogen) atoms. The van der Waals surface area contributed by atoms with Crippen LogP contribution in [0.4, 0.5) is 0 Å². The van der Waals surface area contributed by atoms with Crippen LogP contribution in [0.5, 0.6) is 0 Å². The number of hydrogen-bond donors (Lipinski definition) is 9. The SMILES string of the molecule is CC(=O)N[C@@H](CCC(N)=O)C(=O)N[C@@H](CC1CCCCC1)C(=O)N[C@@H](CC(=O)O)C(=O)N[C@@H](CC(C)C)C(=O)N[C@@H](Cc1c[nH]c2ccccc12)C(=O)O. The number of aliphatic carboxylic acids is 2. The lowest BCUT2D eigenvalue weighted by Gasteiger charge is -2.29. The summed E-state index contributed by atoms with van der Waals surface area (Å²) in [5, 5.41) is 33.0. The van der Waals surface area contributed by atoms with Gasteiger partial charge in [-0.2, -0.15) is 0 Å². The number of para-hydroxylation sites is 1. The minimum absolute atomic E-state index is 0.0249. The summed E-state index contributed by atoms with van der Waals surface area (Å²) in [6, 6.07) is 0.473. The number of H-pyrrole nitrogens is 1. The number of aromatic amines is 1. The van der Waals surface area contributed by atoms with Crippen LogP contribution in [0.15, 0.2) is 30.5 Å². The lowest BCUT2D eigenvalue weighted by Crippen LogP contribution is -2.59. The van der Waals surface area contributed by atoms with Crippen molar-refractivity contribution in [2.24, 2.45) is 17.6 Å². The summed E-state index contributed by atoms with van der Waals surface area (Å²) in [6.45, 7) is 4.74. The molecule has 1 aromatic heterocycles. The highest BCUT2D eigenvalue weighted by atomic mass is 16.4. The Morgan fingerprint density at radius 1 is 0.778 bits per heavy atom. The van der Waals surface area contributed by atoms with Crippen LogP contribution >= 0.6 is 0 Å². The molecular weight excluding hydrogens is 702 g/mol. The van der Waals surface area contributed by atoms with Crippen LogP contribution in [0.25, 0.3) is 10.9 Å². The number of hydrogen-bond acceptors (Lipinski definition) is 8. The molecule has 1 heterocycles. The average Bonchev–Trinajstić information content (AvgIpc) is 3.51. The molecule has 0 bridgehead atoms. The molecule has 0 spiro atoms. The highest BCUT2D eigenvalue weighted by molar-refractivity contribution is 5.97. The summed E-state index contributed by atoms with van der Waals surface area (Å²) in [6.07, 6.45) is 4.97. The normalized spacial score (nSPS) is 15.9. The number of rotatable bonds is 21. The van der Waals surface area contributed by atoms with Crippen molar-refractivity contribution in [3.8, 4) is 0 Å². The fourth-order valence-corrected chi connectivity index (χ4v) is 6.69. The van der Waals surface area contributed by atoms with Gasteiger partial charge in [-0.25, -0.2) is 4.79 Å². The molecule has 3 rings (SSSR count). The summed E-state index contributed by atoms with van der Waals surface area (Å²) in [5.74, 6) is -7.59. The number of nitrogens with two attached hydrogens (primary N) is 1. The van der Waals surface area contributed by atoms with E-state index in [1.165, 1.54) is 6.92 Å². The minimum Gasteiger partial charge on any atom is -0.481 e. The van der Waals surface area contributed by atoms with Crippen molar-refractivity contribution >= 4 is 58.3 Å². The van der Waals surface area contributed by atoms with Gasteiger partial charge in [-0.05, 0) is 42.7 Å². The largest absolute Gasteiger partial charge is 0.481 e. The van der Waals surface area contributed by atoms with Crippen LogP contribution in [0.1, 0.15) is 90.5 Å². The lowest BCUT2D eigenvalue weighted by atomic mass is 9.84. The van der Waals surface area contributed by atoms with Crippen LogP contribution in [-0.4, -0.2) is 92.8 Å². The molecule has 1 aliphatic rings. The van der Waals surface area contributed by atoms with Crippen molar-refractivity contribution in [3.63, 3.8) is 0 Å². The smallest absolute Gasteiger partial charge is 0.326 e. The van der Waals surface area contributed by atoms with Crippen LogP contribution in [0, 0.1) is 11.8 Å². The van der Waals surface area contributed by atoms with E-state index in [1.807, 2.05) is 18.2 Å².